The second kappa shape index (κ2) is 8.32. The number of H-pyrrole nitrogens is 1. The quantitative estimate of drug-likeness (QED) is 0.441. The molecule has 5 heterocycles. The Morgan fingerprint density at radius 2 is 2.18 bits per heavy atom. The Labute approximate surface area is 195 Å². The van der Waals surface area contributed by atoms with Crippen molar-refractivity contribution in [3.05, 3.63) is 35.0 Å². The van der Waals surface area contributed by atoms with Gasteiger partial charge in [0, 0.05) is 46.6 Å². The van der Waals surface area contributed by atoms with Crippen LogP contribution in [-0.4, -0.2) is 65.5 Å². The van der Waals surface area contributed by atoms with Crippen molar-refractivity contribution in [3.63, 3.8) is 0 Å². The number of anilines is 1. The smallest absolute Gasteiger partial charge is 0.163 e. The lowest BCUT2D eigenvalue weighted by Crippen LogP contribution is -2.44. The zero-order valence-electron chi connectivity index (χ0n) is 18.6. The Kier molecular flexibility index (Phi) is 5.60. The van der Waals surface area contributed by atoms with Gasteiger partial charge in [0.25, 0.3) is 0 Å². The number of nitrogens with one attached hydrogen (secondary N) is 1. The third kappa shape index (κ3) is 3.78. The molecule has 2 atom stereocenters. The number of aromatic amines is 1. The molecule has 33 heavy (non-hydrogen) atoms. The number of nitrogens with zero attached hydrogens (tertiary/aromatic N) is 4. The molecule has 1 unspecified atom stereocenters. The third-order valence-corrected chi connectivity index (χ3v) is 8.86. The van der Waals surface area contributed by atoms with Crippen molar-refractivity contribution >= 4 is 48.2 Å². The van der Waals surface area contributed by atoms with Crippen molar-refractivity contribution in [2.45, 2.75) is 31.7 Å². The van der Waals surface area contributed by atoms with E-state index in [9.17, 15) is 13.5 Å². The van der Waals surface area contributed by atoms with Crippen LogP contribution < -0.4 is 4.90 Å². The minimum atomic E-state index is -3.41. The summed E-state index contributed by atoms with van der Waals surface area (Å²) in [5, 5.41) is 10.2. The third-order valence-electron chi connectivity index (χ3n) is 6.16. The Morgan fingerprint density at radius 1 is 1.36 bits per heavy atom. The number of pyridine rings is 1. The molecule has 9 nitrogen and oxygen atoms in total. The lowest BCUT2D eigenvalue weighted by Gasteiger charge is -2.34. The molecule has 11 heteroatoms. The Hall–Kier alpha value is -2.60. The zero-order valence-corrected chi connectivity index (χ0v) is 20.2. The van der Waals surface area contributed by atoms with E-state index in [-0.39, 0.29) is 12.6 Å². The summed E-state index contributed by atoms with van der Waals surface area (Å²) >= 11 is 1.36. The lowest BCUT2D eigenvalue weighted by atomic mass is 10.1. The zero-order chi connectivity index (χ0) is 23.3. The second-order valence-corrected chi connectivity index (χ2v) is 11.8. The van der Waals surface area contributed by atoms with Gasteiger partial charge in [-0.25, -0.2) is 23.4 Å². The molecule has 0 radical (unpaired) electrons. The van der Waals surface area contributed by atoms with Gasteiger partial charge in [-0.15, -0.1) is 11.3 Å². The van der Waals surface area contributed by atoms with Gasteiger partial charge in [0.15, 0.2) is 21.5 Å². The van der Waals surface area contributed by atoms with Crippen molar-refractivity contribution in [2.75, 3.05) is 30.9 Å². The highest BCUT2D eigenvalue weighted by Gasteiger charge is 2.31. The van der Waals surface area contributed by atoms with E-state index in [0.29, 0.717) is 41.5 Å². The minimum absolute atomic E-state index is 0.0878. The standard InChI is InChI=1S/C22H25N5O4S2/c1-12-11-31-9-8-27(12)22-19-18(17(16(10-28)32-19)13(2)33(3,29)30)25-21(26-22)15-5-7-24-20-14(15)4-6-23-20/h4-7,12-13,28H,8-11H2,1-3H3,(H,23,24)/t12-,13?/m1/s1. The minimum Gasteiger partial charge on any atom is -0.391 e. The number of rotatable bonds is 5. The number of aromatic nitrogens is 4. The van der Waals surface area contributed by atoms with Crippen LogP contribution in [0.15, 0.2) is 24.5 Å². The predicted octanol–water partition coefficient (Wildman–Crippen LogP) is 3.06. The molecule has 1 saturated heterocycles. The average molecular weight is 488 g/mol. The van der Waals surface area contributed by atoms with Crippen molar-refractivity contribution < 1.29 is 18.3 Å². The summed E-state index contributed by atoms with van der Waals surface area (Å²) in [4.78, 5) is 20.1. The molecule has 0 aliphatic carbocycles. The van der Waals surface area contributed by atoms with Gasteiger partial charge in [0.1, 0.15) is 5.65 Å². The lowest BCUT2D eigenvalue weighted by molar-refractivity contribution is 0.0987. The first kappa shape index (κ1) is 22.2. The summed E-state index contributed by atoms with van der Waals surface area (Å²) in [6, 6.07) is 3.88. The van der Waals surface area contributed by atoms with Gasteiger partial charge >= 0.3 is 0 Å². The van der Waals surface area contributed by atoms with E-state index in [1.165, 1.54) is 17.6 Å². The summed E-state index contributed by atoms with van der Waals surface area (Å²) < 4.78 is 31.4. The molecule has 174 valence electrons. The Bertz CT molecular complexity index is 1450. The average Bonchev–Trinajstić information content (AvgIpc) is 3.42. The van der Waals surface area contributed by atoms with Crippen molar-refractivity contribution in [1.29, 1.82) is 0 Å². The van der Waals surface area contributed by atoms with Crippen LogP contribution in [0.4, 0.5) is 5.82 Å². The van der Waals surface area contributed by atoms with Crippen LogP contribution >= 0.6 is 11.3 Å². The molecule has 1 aliphatic rings. The number of aliphatic hydroxyl groups excluding tert-OH is 1. The number of fused-ring (bicyclic) bond motifs is 2. The number of hydrogen-bond donors (Lipinski definition) is 2. The van der Waals surface area contributed by atoms with E-state index in [4.69, 9.17) is 14.7 Å². The highest BCUT2D eigenvalue weighted by molar-refractivity contribution is 7.90. The van der Waals surface area contributed by atoms with Crippen LogP contribution in [0, 0.1) is 0 Å². The highest BCUT2D eigenvalue weighted by Crippen LogP contribution is 2.43. The summed E-state index contributed by atoms with van der Waals surface area (Å²) in [6.45, 7) is 5.26. The molecule has 0 spiro atoms. The first-order valence-electron chi connectivity index (χ1n) is 10.7. The number of aliphatic hydroxyl groups is 1. The number of morpholine rings is 1. The molecule has 0 amide bonds. The number of hydrogen-bond acceptors (Lipinski definition) is 9. The topological polar surface area (TPSA) is 121 Å². The fourth-order valence-electron chi connectivity index (χ4n) is 4.29. The SMILES string of the molecule is CC(c1c(CO)sc2c(N3CCOC[C@H]3C)nc(-c3ccnc4[nH]ccc34)nc12)S(C)(=O)=O. The highest BCUT2D eigenvalue weighted by atomic mass is 32.2. The van der Waals surface area contributed by atoms with Crippen molar-refractivity contribution in [2.24, 2.45) is 0 Å². The van der Waals surface area contributed by atoms with Crippen molar-refractivity contribution in [3.8, 4) is 11.4 Å². The number of sulfone groups is 1. The fraction of sp³-hybridized carbons (Fsp3) is 0.409. The van der Waals surface area contributed by atoms with Crippen LogP contribution in [0.5, 0.6) is 0 Å². The summed E-state index contributed by atoms with van der Waals surface area (Å²) in [5.74, 6) is 1.23. The maximum absolute atomic E-state index is 12.5. The molecular weight excluding hydrogens is 462 g/mol. The van der Waals surface area contributed by atoms with Crippen LogP contribution in [0.3, 0.4) is 0 Å². The number of thiophene rings is 1. The van der Waals surface area contributed by atoms with E-state index in [1.807, 2.05) is 18.3 Å². The van der Waals surface area contributed by atoms with Gasteiger partial charge in [-0.1, -0.05) is 0 Å². The van der Waals surface area contributed by atoms with E-state index < -0.39 is 15.1 Å². The Morgan fingerprint density at radius 3 is 2.91 bits per heavy atom. The molecule has 1 fully saturated rings. The van der Waals surface area contributed by atoms with Gasteiger partial charge in [-0.3, -0.25) is 0 Å². The molecule has 4 aromatic rings. The van der Waals surface area contributed by atoms with E-state index in [0.717, 1.165) is 27.1 Å². The molecule has 0 aromatic carbocycles. The predicted molar refractivity (Wildman–Crippen MR) is 129 cm³/mol. The van der Waals surface area contributed by atoms with Crippen LogP contribution in [-0.2, 0) is 21.2 Å². The summed E-state index contributed by atoms with van der Waals surface area (Å²) in [7, 11) is -3.41. The van der Waals surface area contributed by atoms with E-state index >= 15 is 0 Å². The van der Waals surface area contributed by atoms with Gasteiger partial charge < -0.3 is 19.7 Å². The van der Waals surface area contributed by atoms with Crippen molar-refractivity contribution in [1.82, 2.24) is 19.9 Å². The Balaban J connectivity index is 1.84. The maximum atomic E-state index is 12.5. The van der Waals surface area contributed by atoms with E-state index in [2.05, 4.69) is 21.8 Å². The first-order chi connectivity index (χ1) is 15.8. The largest absolute Gasteiger partial charge is 0.391 e. The maximum Gasteiger partial charge on any atom is 0.163 e. The molecule has 5 rings (SSSR count). The second-order valence-electron chi connectivity index (χ2n) is 8.33. The molecule has 4 aromatic heterocycles. The summed E-state index contributed by atoms with van der Waals surface area (Å²) in [5.41, 5.74) is 2.65. The van der Waals surface area contributed by atoms with Crippen LogP contribution in [0.25, 0.3) is 32.6 Å². The molecule has 0 saturated carbocycles. The monoisotopic (exact) mass is 487 g/mol. The first-order valence-corrected chi connectivity index (χ1v) is 13.5. The fourth-order valence-corrected chi connectivity index (χ4v) is 6.25. The van der Waals surface area contributed by atoms with Gasteiger partial charge in [0.2, 0.25) is 0 Å². The van der Waals surface area contributed by atoms with Crippen LogP contribution in [0.1, 0.15) is 29.5 Å². The molecule has 2 N–H and O–H groups in total. The molecular formula is C22H25N5O4S2. The van der Waals surface area contributed by atoms with E-state index in [1.54, 1.807) is 13.1 Å². The van der Waals surface area contributed by atoms with Gasteiger partial charge in [0.05, 0.1) is 41.3 Å². The molecule has 0 bridgehead atoms. The van der Waals surface area contributed by atoms with Gasteiger partial charge in [-0.05, 0) is 26.0 Å². The summed E-state index contributed by atoms with van der Waals surface area (Å²) in [6.07, 6.45) is 4.73. The van der Waals surface area contributed by atoms with Gasteiger partial charge in [-0.2, -0.15) is 0 Å². The normalized spacial score (nSPS) is 18.3. The molecule has 1 aliphatic heterocycles. The van der Waals surface area contributed by atoms with Crippen LogP contribution in [0.2, 0.25) is 0 Å². The number of ether oxygens (including phenoxy) is 1.